The second kappa shape index (κ2) is 8.07. The summed E-state index contributed by atoms with van der Waals surface area (Å²) in [7, 11) is 4.21. The molecule has 3 nitrogen and oxygen atoms in total. The van der Waals surface area contributed by atoms with Gasteiger partial charge in [-0.05, 0) is 107 Å². The second-order valence-electron chi connectivity index (χ2n) is 10.2. The monoisotopic (exact) mass is 397 g/mol. The maximum absolute atomic E-state index is 11.4. The van der Waals surface area contributed by atoms with Crippen LogP contribution in [0.3, 0.4) is 0 Å². The number of aryl methyl sites for hydroxylation is 1. The first-order valence-electron chi connectivity index (χ1n) is 11.6. The molecule has 0 radical (unpaired) electrons. The van der Waals surface area contributed by atoms with Crippen LogP contribution < -0.4 is 4.74 Å². The lowest BCUT2D eigenvalue weighted by atomic mass is 9.53. The van der Waals surface area contributed by atoms with Gasteiger partial charge in [-0.2, -0.15) is 0 Å². The van der Waals surface area contributed by atoms with Crippen LogP contribution in [0.15, 0.2) is 30.4 Å². The Morgan fingerprint density at radius 1 is 1.21 bits per heavy atom. The van der Waals surface area contributed by atoms with Crippen LogP contribution in [0.25, 0.3) is 0 Å². The highest BCUT2D eigenvalue weighted by Gasteiger charge is 2.60. The van der Waals surface area contributed by atoms with Gasteiger partial charge in [0.15, 0.2) is 0 Å². The van der Waals surface area contributed by atoms with Crippen molar-refractivity contribution in [2.24, 2.45) is 17.3 Å². The fraction of sp³-hybridized carbons (Fsp3) is 0.692. The predicted octanol–water partition coefficient (Wildman–Crippen LogP) is 5.18. The summed E-state index contributed by atoms with van der Waals surface area (Å²) in [5.74, 6) is 3.04. The molecule has 3 heteroatoms. The summed E-state index contributed by atoms with van der Waals surface area (Å²) in [6.07, 6.45) is 12.0. The minimum Gasteiger partial charge on any atom is -0.494 e. The SMILES string of the molecule is C/C=C\[C@@]1(O)CC[C@H]2[C@@H]3CCc4cc(OCCCN(C)C)ccc4[C@H]3CC[C@@]21C. The quantitative estimate of drug-likeness (QED) is 0.530. The van der Waals surface area contributed by atoms with Gasteiger partial charge in [0.2, 0.25) is 0 Å². The molecule has 5 atom stereocenters. The van der Waals surface area contributed by atoms with E-state index >= 15 is 0 Å². The zero-order chi connectivity index (χ0) is 20.6. The van der Waals surface area contributed by atoms with E-state index in [4.69, 9.17) is 4.74 Å². The number of ether oxygens (including phenoxy) is 1. The third kappa shape index (κ3) is 3.65. The lowest BCUT2D eigenvalue weighted by Crippen LogP contribution is -2.49. The molecule has 1 aromatic rings. The molecule has 4 rings (SSSR count). The molecule has 3 aliphatic rings. The number of fused-ring (bicyclic) bond motifs is 5. The number of benzene rings is 1. The van der Waals surface area contributed by atoms with Crippen molar-refractivity contribution in [2.75, 3.05) is 27.2 Å². The zero-order valence-electron chi connectivity index (χ0n) is 18.8. The van der Waals surface area contributed by atoms with Crippen LogP contribution in [0.4, 0.5) is 0 Å². The Labute approximate surface area is 177 Å². The molecule has 2 fully saturated rings. The summed E-state index contributed by atoms with van der Waals surface area (Å²) in [5.41, 5.74) is 2.49. The summed E-state index contributed by atoms with van der Waals surface area (Å²) in [4.78, 5) is 2.20. The highest BCUT2D eigenvalue weighted by atomic mass is 16.5. The van der Waals surface area contributed by atoms with Crippen molar-refractivity contribution < 1.29 is 9.84 Å². The molecule has 0 heterocycles. The Morgan fingerprint density at radius 3 is 2.79 bits per heavy atom. The Bertz CT molecular complexity index is 757. The topological polar surface area (TPSA) is 32.7 Å². The number of nitrogens with zero attached hydrogens (tertiary/aromatic N) is 1. The van der Waals surface area contributed by atoms with Gasteiger partial charge in [0.25, 0.3) is 0 Å². The van der Waals surface area contributed by atoms with Crippen molar-refractivity contribution in [1.82, 2.24) is 4.90 Å². The fourth-order valence-corrected chi connectivity index (χ4v) is 6.82. The van der Waals surface area contributed by atoms with Crippen molar-refractivity contribution in [1.29, 1.82) is 0 Å². The third-order valence-corrected chi connectivity index (χ3v) is 8.37. The van der Waals surface area contributed by atoms with Gasteiger partial charge in [-0.25, -0.2) is 0 Å². The van der Waals surface area contributed by atoms with Crippen LogP contribution in [0.2, 0.25) is 0 Å². The second-order valence-corrected chi connectivity index (χ2v) is 10.2. The van der Waals surface area contributed by atoms with Gasteiger partial charge in [0, 0.05) is 12.0 Å². The van der Waals surface area contributed by atoms with Gasteiger partial charge in [0.05, 0.1) is 12.2 Å². The van der Waals surface area contributed by atoms with Crippen molar-refractivity contribution >= 4 is 0 Å². The van der Waals surface area contributed by atoms with E-state index in [1.807, 2.05) is 6.92 Å². The number of aliphatic hydroxyl groups is 1. The van der Waals surface area contributed by atoms with Crippen LogP contribution in [0, 0.1) is 17.3 Å². The molecule has 2 saturated carbocycles. The molecule has 0 spiro atoms. The molecule has 0 bridgehead atoms. The van der Waals surface area contributed by atoms with E-state index in [1.165, 1.54) is 24.8 Å². The van der Waals surface area contributed by atoms with E-state index in [-0.39, 0.29) is 5.41 Å². The Morgan fingerprint density at radius 2 is 2.03 bits per heavy atom. The zero-order valence-corrected chi connectivity index (χ0v) is 18.8. The van der Waals surface area contributed by atoms with Crippen LogP contribution >= 0.6 is 0 Å². The lowest BCUT2D eigenvalue weighted by molar-refractivity contribution is -0.0710. The largest absolute Gasteiger partial charge is 0.494 e. The van der Waals surface area contributed by atoms with E-state index in [0.29, 0.717) is 17.8 Å². The molecule has 1 N–H and O–H groups in total. The molecular weight excluding hydrogens is 358 g/mol. The van der Waals surface area contributed by atoms with Gasteiger partial charge in [-0.15, -0.1) is 0 Å². The summed E-state index contributed by atoms with van der Waals surface area (Å²) in [6.45, 7) is 6.25. The highest BCUT2D eigenvalue weighted by molar-refractivity contribution is 5.41. The van der Waals surface area contributed by atoms with Gasteiger partial charge < -0.3 is 14.7 Å². The van der Waals surface area contributed by atoms with E-state index in [1.54, 1.807) is 5.56 Å². The molecule has 160 valence electrons. The Hall–Kier alpha value is -1.32. The van der Waals surface area contributed by atoms with E-state index < -0.39 is 5.60 Å². The maximum atomic E-state index is 11.4. The number of allylic oxidation sites excluding steroid dienone is 1. The number of hydrogen-bond acceptors (Lipinski definition) is 3. The van der Waals surface area contributed by atoms with E-state index in [2.05, 4.69) is 56.3 Å². The first-order valence-corrected chi connectivity index (χ1v) is 11.6. The smallest absolute Gasteiger partial charge is 0.119 e. The Balaban J connectivity index is 1.48. The van der Waals surface area contributed by atoms with E-state index in [9.17, 15) is 5.11 Å². The molecule has 0 unspecified atom stereocenters. The van der Waals surface area contributed by atoms with Crippen molar-refractivity contribution in [2.45, 2.75) is 70.3 Å². The van der Waals surface area contributed by atoms with Gasteiger partial charge in [-0.1, -0.05) is 25.1 Å². The summed E-state index contributed by atoms with van der Waals surface area (Å²) in [6, 6.07) is 6.85. The minimum atomic E-state index is -0.609. The van der Waals surface area contributed by atoms with Crippen molar-refractivity contribution in [3.63, 3.8) is 0 Å². The normalized spacial score (nSPS) is 36.1. The molecule has 3 aliphatic carbocycles. The first-order chi connectivity index (χ1) is 13.9. The van der Waals surface area contributed by atoms with Gasteiger partial charge in [0.1, 0.15) is 5.75 Å². The number of hydrogen-bond donors (Lipinski definition) is 1. The maximum Gasteiger partial charge on any atom is 0.119 e. The van der Waals surface area contributed by atoms with Crippen LogP contribution in [0.5, 0.6) is 5.75 Å². The third-order valence-electron chi connectivity index (χ3n) is 8.37. The van der Waals surface area contributed by atoms with Crippen molar-refractivity contribution in [3.05, 3.63) is 41.5 Å². The lowest BCUT2D eigenvalue weighted by Gasteiger charge is -2.52. The predicted molar refractivity (Wildman–Crippen MR) is 119 cm³/mol. The fourth-order valence-electron chi connectivity index (χ4n) is 6.82. The van der Waals surface area contributed by atoms with Crippen LogP contribution in [-0.4, -0.2) is 42.9 Å². The Kier molecular flexibility index (Phi) is 5.83. The van der Waals surface area contributed by atoms with Crippen LogP contribution in [0.1, 0.15) is 69.4 Å². The standard InChI is InChI=1S/C26H39NO2/c1-5-13-26(28)15-12-24-23-9-7-19-18-20(29-17-6-16-27(3)4)8-10-21(19)22(23)11-14-25(24,26)2/h5,8,10,13,18,22-24,28H,6-7,9,11-12,14-17H2,1-4H3/b13-5-/t22-,23-,24+,25+,26-/m1/s1. The minimum absolute atomic E-state index is 0.0354. The molecular formula is C26H39NO2. The van der Waals surface area contributed by atoms with Crippen LogP contribution in [-0.2, 0) is 6.42 Å². The molecule has 0 aliphatic heterocycles. The summed E-state index contributed by atoms with van der Waals surface area (Å²) < 4.78 is 6.03. The molecule has 0 aromatic heterocycles. The average Bonchev–Trinajstić information content (AvgIpc) is 2.96. The summed E-state index contributed by atoms with van der Waals surface area (Å²) in [5, 5.41) is 11.4. The molecule has 0 saturated heterocycles. The first kappa shape index (κ1) is 20.9. The number of rotatable bonds is 6. The van der Waals surface area contributed by atoms with Gasteiger partial charge >= 0.3 is 0 Å². The molecule has 1 aromatic carbocycles. The molecule has 0 amide bonds. The average molecular weight is 398 g/mol. The van der Waals surface area contributed by atoms with Crippen molar-refractivity contribution in [3.8, 4) is 5.75 Å². The highest BCUT2D eigenvalue weighted by Crippen LogP contribution is 2.64. The van der Waals surface area contributed by atoms with E-state index in [0.717, 1.165) is 44.6 Å². The summed E-state index contributed by atoms with van der Waals surface area (Å²) >= 11 is 0. The molecule has 29 heavy (non-hydrogen) atoms. The van der Waals surface area contributed by atoms with Gasteiger partial charge in [-0.3, -0.25) is 0 Å².